The summed E-state index contributed by atoms with van der Waals surface area (Å²) in [6.45, 7) is 1.83. The first-order valence-corrected chi connectivity index (χ1v) is 5.47. The summed E-state index contributed by atoms with van der Waals surface area (Å²) in [5.74, 6) is 0. The lowest BCUT2D eigenvalue weighted by Gasteiger charge is -2.07. The highest BCUT2D eigenvalue weighted by Gasteiger charge is 2.05. The smallest absolute Gasteiger partial charge is 0.123 e. The number of hydrogen-bond acceptors (Lipinski definition) is 4. The number of aromatic nitrogens is 1. The first-order valence-electron chi connectivity index (χ1n) is 5.06. The molecule has 0 saturated heterocycles. The van der Waals surface area contributed by atoms with E-state index in [1.165, 1.54) is 0 Å². The summed E-state index contributed by atoms with van der Waals surface area (Å²) in [5.41, 5.74) is 7.13. The van der Waals surface area contributed by atoms with E-state index < -0.39 is 0 Å². The Labute approximate surface area is 101 Å². The van der Waals surface area contributed by atoms with Crippen LogP contribution in [0.5, 0.6) is 0 Å². The molecule has 0 saturated carbocycles. The molecular formula is C11H16N2O2S. The first-order chi connectivity index (χ1) is 7.75. The number of pyridine rings is 1. The van der Waals surface area contributed by atoms with Crippen LogP contribution in [0.2, 0.25) is 0 Å². The molecule has 1 aromatic heterocycles. The van der Waals surface area contributed by atoms with Gasteiger partial charge in [0.05, 0.1) is 6.61 Å². The Morgan fingerprint density at radius 3 is 3.00 bits per heavy atom. The van der Waals surface area contributed by atoms with E-state index in [0.717, 1.165) is 12.0 Å². The summed E-state index contributed by atoms with van der Waals surface area (Å²) in [4.78, 5) is 4.42. The summed E-state index contributed by atoms with van der Waals surface area (Å²) in [6, 6.07) is 3.76. The monoisotopic (exact) mass is 240 g/mol. The summed E-state index contributed by atoms with van der Waals surface area (Å²) < 4.78 is 10.4. The summed E-state index contributed by atoms with van der Waals surface area (Å²) in [6.07, 6.45) is 2.54. The lowest BCUT2D eigenvalue weighted by Crippen LogP contribution is -2.15. The van der Waals surface area contributed by atoms with Gasteiger partial charge in [-0.1, -0.05) is 18.3 Å². The largest absolute Gasteiger partial charge is 0.388 e. The molecule has 0 bridgehead atoms. The van der Waals surface area contributed by atoms with Gasteiger partial charge in [0.15, 0.2) is 0 Å². The van der Waals surface area contributed by atoms with Crippen molar-refractivity contribution in [3.63, 3.8) is 0 Å². The van der Waals surface area contributed by atoms with Gasteiger partial charge in [-0.25, -0.2) is 0 Å². The molecule has 1 rings (SSSR count). The van der Waals surface area contributed by atoms with Gasteiger partial charge in [0, 0.05) is 32.1 Å². The van der Waals surface area contributed by atoms with Gasteiger partial charge in [-0.2, -0.15) is 0 Å². The molecule has 0 spiro atoms. The van der Waals surface area contributed by atoms with Gasteiger partial charge in [-0.05, 0) is 12.5 Å². The summed E-state index contributed by atoms with van der Waals surface area (Å²) >= 11 is 4.91. The van der Waals surface area contributed by atoms with E-state index in [4.69, 9.17) is 27.4 Å². The van der Waals surface area contributed by atoms with E-state index in [9.17, 15) is 0 Å². The van der Waals surface area contributed by atoms with E-state index in [-0.39, 0.29) is 0 Å². The minimum absolute atomic E-state index is 0.302. The van der Waals surface area contributed by atoms with Crippen molar-refractivity contribution in [1.29, 1.82) is 0 Å². The van der Waals surface area contributed by atoms with E-state index in [0.29, 0.717) is 30.5 Å². The van der Waals surface area contributed by atoms with E-state index in [2.05, 4.69) is 4.98 Å². The van der Waals surface area contributed by atoms with Crippen LogP contribution in [0.25, 0.3) is 0 Å². The molecule has 0 aliphatic carbocycles. The normalized spacial score (nSPS) is 10.3. The number of ether oxygens (including phenoxy) is 2. The molecule has 1 heterocycles. The van der Waals surface area contributed by atoms with Crippen LogP contribution in [-0.2, 0) is 16.1 Å². The van der Waals surface area contributed by atoms with Gasteiger partial charge < -0.3 is 15.2 Å². The molecule has 4 nitrogen and oxygen atoms in total. The molecule has 0 atom stereocenters. The van der Waals surface area contributed by atoms with Crippen molar-refractivity contribution in [2.45, 2.75) is 13.0 Å². The molecule has 88 valence electrons. The van der Waals surface area contributed by atoms with Gasteiger partial charge in [0.2, 0.25) is 0 Å². The van der Waals surface area contributed by atoms with Crippen LogP contribution in [0.4, 0.5) is 0 Å². The van der Waals surface area contributed by atoms with Crippen molar-refractivity contribution >= 4 is 17.2 Å². The number of nitrogens with zero attached hydrogens (tertiary/aromatic N) is 1. The maximum absolute atomic E-state index is 5.56. The zero-order chi connectivity index (χ0) is 11.8. The fourth-order valence-electron chi connectivity index (χ4n) is 1.26. The first kappa shape index (κ1) is 13.0. The second-order valence-electron chi connectivity index (χ2n) is 3.27. The highest BCUT2D eigenvalue weighted by Crippen LogP contribution is 2.07. The zero-order valence-corrected chi connectivity index (χ0v) is 10.1. The second kappa shape index (κ2) is 7.27. The van der Waals surface area contributed by atoms with Gasteiger partial charge >= 0.3 is 0 Å². The topological polar surface area (TPSA) is 57.4 Å². The molecule has 16 heavy (non-hydrogen) atoms. The van der Waals surface area contributed by atoms with E-state index in [1.807, 2.05) is 12.1 Å². The number of rotatable bonds is 7. The fourth-order valence-corrected chi connectivity index (χ4v) is 1.45. The fraction of sp³-hybridized carbons (Fsp3) is 0.455. The van der Waals surface area contributed by atoms with Crippen molar-refractivity contribution in [2.75, 3.05) is 20.3 Å². The van der Waals surface area contributed by atoms with Crippen molar-refractivity contribution in [3.05, 3.63) is 29.6 Å². The van der Waals surface area contributed by atoms with Crippen LogP contribution < -0.4 is 5.73 Å². The molecule has 0 unspecified atom stereocenters. The van der Waals surface area contributed by atoms with Crippen LogP contribution >= 0.6 is 12.2 Å². The van der Waals surface area contributed by atoms with Crippen LogP contribution in [0, 0.1) is 0 Å². The number of nitrogens with two attached hydrogens (primary N) is 1. The van der Waals surface area contributed by atoms with Crippen LogP contribution in [-0.4, -0.2) is 30.3 Å². The average Bonchev–Trinajstić information content (AvgIpc) is 2.29. The average molecular weight is 240 g/mol. The minimum Gasteiger partial charge on any atom is -0.388 e. The minimum atomic E-state index is 0.302. The Morgan fingerprint density at radius 1 is 1.50 bits per heavy atom. The molecule has 5 heteroatoms. The second-order valence-corrected chi connectivity index (χ2v) is 3.71. The third kappa shape index (κ3) is 4.22. The molecule has 2 N–H and O–H groups in total. The van der Waals surface area contributed by atoms with E-state index >= 15 is 0 Å². The van der Waals surface area contributed by atoms with Crippen molar-refractivity contribution in [3.8, 4) is 0 Å². The van der Waals surface area contributed by atoms with Crippen LogP contribution in [0.15, 0.2) is 18.3 Å². The molecule has 0 aromatic carbocycles. The molecule has 1 aromatic rings. The Morgan fingerprint density at radius 2 is 2.31 bits per heavy atom. The lowest BCUT2D eigenvalue weighted by molar-refractivity contribution is 0.0926. The zero-order valence-electron chi connectivity index (χ0n) is 9.31. The van der Waals surface area contributed by atoms with Crippen LogP contribution in [0.1, 0.15) is 17.7 Å². The third-order valence-electron chi connectivity index (χ3n) is 2.02. The Balaban J connectivity index is 2.44. The third-order valence-corrected chi connectivity index (χ3v) is 2.21. The molecule has 0 aliphatic rings. The summed E-state index contributed by atoms with van der Waals surface area (Å²) in [5, 5.41) is 0. The van der Waals surface area contributed by atoms with Crippen molar-refractivity contribution < 1.29 is 9.47 Å². The summed E-state index contributed by atoms with van der Waals surface area (Å²) in [7, 11) is 1.67. The SMILES string of the molecule is COCCCOCc1cccnc1C(N)=S. The maximum Gasteiger partial charge on any atom is 0.123 e. The Hall–Kier alpha value is -1.04. The van der Waals surface area contributed by atoms with Gasteiger partial charge in [0.1, 0.15) is 10.7 Å². The predicted molar refractivity (Wildman–Crippen MR) is 66.3 cm³/mol. The Kier molecular flexibility index (Phi) is 5.92. The quantitative estimate of drug-likeness (QED) is 0.574. The molecule has 0 aliphatic heterocycles. The highest BCUT2D eigenvalue weighted by molar-refractivity contribution is 7.80. The molecule has 0 fully saturated rings. The molecule has 0 amide bonds. The number of hydrogen-bond donors (Lipinski definition) is 1. The maximum atomic E-state index is 5.56. The molecule has 0 radical (unpaired) electrons. The van der Waals surface area contributed by atoms with Crippen LogP contribution in [0.3, 0.4) is 0 Å². The number of methoxy groups -OCH3 is 1. The van der Waals surface area contributed by atoms with Gasteiger partial charge in [-0.15, -0.1) is 0 Å². The lowest BCUT2D eigenvalue weighted by atomic mass is 10.2. The van der Waals surface area contributed by atoms with Crippen molar-refractivity contribution in [2.24, 2.45) is 5.73 Å². The van der Waals surface area contributed by atoms with Crippen molar-refractivity contribution in [1.82, 2.24) is 4.98 Å². The van der Waals surface area contributed by atoms with E-state index in [1.54, 1.807) is 13.3 Å². The number of thiocarbonyl (C=S) groups is 1. The standard InChI is InChI=1S/C11H16N2O2S/c1-14-6-3-7-15-8-9-4-2-5-13-10(9)11(12)16/h2,4-5H,3,6-8H2,1H3,(H2,12,16). The predicted octanol–water partition coefficient (Wildman–Crippen LogP) is 1.27. The molecular weight excluding hydrogens is 224 g/mol. The Bertz CT molecular complexity index is 345. The highest BCUT2D eigenvalue weighted by atomic mass is 32.1. The van der Waals surface area contributed by atoms with Gasteiger partial charge in [0.25, 0.3) is 0 Å². The van der Waals surface area contributed by atoms with Gasteiger partial charge in [-0.3, -0.25) is 4.98 Å².